The number of hydrogen-bond acceptors (Lipinski definition) is 2. The Kier molecular flexibility index (Phi) is 4.98. The standard InChI is InChI=1S/C19H14ClNO4.C2H6/c20-15-8-16-13(14(9-21-16)17(22)23)7-12(15)10-1-3-11(4-2-10)19(5-6-19)18(24)25;1-2/h1-4,7-9,21H,5-6H2,(H,22,23)(H,24,25);1-2H3. The first-order valence-electron chi connectivity index (χ1n) is 8.80. The number of carbonyl (C=O) groups is 2. The Hall–Kier alpha value is -2.79. The van der Waals surface area contributed by atoms with Gasteiger partial charge in [0.1, 0.15) is 0 Å². The summed E-state index contributed by atoms with van der Waals surface area (Å²) in [4.78, 5) is 25.7. The number of aromatic amines is 1. The predicted molar refractivity (Wildman–Crippen MR) is 106 cm³/mol. The molecule has 27 heavy (non-hydrogen) atoms. The maximum Gasteiger partial charge on any atom is 0.337 e. The van der Waals surface area contributed by atoms with E-state index in [2.05, 4.69) is 4.98 Å². The molecule has 1 saturated carbocycles. The highest BCUT2D eigenvalue weighted by atomic mass is 35.5. The Balaban J connectivity index is 0.00000102. The van der Waals surface area contributed by atoms with Crippen molar-refractivity contribution < 1.29 is 19.8 Å². The van der Waals surface area contributed by atoms with Crippen molar-refractivity contribution in [3.8, 4) is 11.1 Å². The summed E-state index contributed by atoms with van der Waals surface area (Å²) in [6, 6.07) is 10.7. The number of halogens is 1. The number of carboxylic acids is 2. The molecule has 1 fully saturated rings. The molecule has 0 saturated heterocycles. The van der Waals surface area contributed by atoms with Gasteiger partial charge in [0.05, 0.1) is 16.0 Å². The minimum Gasteiger partial charge on any atom is -0.481 e. The molecule has 0 atom stereocenters. The van der Waals surface area contributed by atoms with Crippen LogP contribution in [0.4, 0.5) is 0 Å². The summed E-state index contributed by atoms with van der Waals surface area (Å²) in [6.07, 6.45) is 2.75. The lowest BCUT2D eigenvalue weighted by Crippen LogP contribution is -2.19. The van der Waals surface area contributed by atoms with Crippen LogP contribution in [0.2, 0.25) is 5.02 Å². The second kappa shape index (κ2) is 7.08. The van der Waals surface area contributed by atoms with E-state index in [1.807, 2.05) is 38.1 Å². The third-order valence-electron chi connectivity index (χ3n) is 4.91. The van der Waals surface area contributed by atoms with Gasteiger partial charge in [0.2, 0.25) is 0 Å². The van der Waals surface area contributed by atoms with Gasteiger partial charge < -0.3 is 15.2 Å². The number of H-pyrrole nitrogens is 1. The van der Waals surface area contributed by atoms with Crippen molar-refractivity contribution in [2.75, 3.05) is 0 Å². The molecule has 1 aliphatic carbocycles. The van der Waals surface area contributed by atoms with Crippen molar-refractivity contribution in [2.24, 2.45) is 0 Å². The molecule has 6 heteroatoms. The fourth-order valence-electron chi connectivity index (χ4n) is 3.26. The first-order chi connectivity index (χ1) is 12.9. The molecule has 0 spiro atoms. The highest BCUT2D eigenvalue weighted by Crippen LogP contribution is 2.48. The maximum atomic E-state index is 11.4. The van der Waals surface area contributed by atoms with Crippen LogP contribution in [0.5, 0.6) is 0 Å². The summed E-state index contributed by atoms with van der Waals surface area (Å²) < 4.78 is 0. The van der Waals surface area contributed by atoms with Gasteiger partial charge in [-0.25, -0.2) is 4.79 Å². The molecule has 1 aromatic heterocycles. The van der Waals surface area contributed by atoms with Gasteiger partial charge in [0.25, 0.3) is 0 Å². The Morgan fingerprint density at radius 1 is 1.07 bits per heavy atom. The van der Waals surface area contributed by atoms with E-state index in [9.17, 15) is 19.8 Å². The van der Waals surface area contributed by atoms with E-state index in [-0.39, 0.29) is 5.56 Å². The average molecular weight is 386 g/mol. The van der Waals surface area contributed by atoms with Gasteiger partial charge in [-0.1, -0.05) is 49.7 Å². The number of aromatic nitrogens is 1. The summed E-state index contributed by atoms with van der Waals surface area (Å²) in [6.45, 7) is 4.00. The molecule has 3 aromatic rings. The number of rotatable bonds is 4. The van der Waals surface area contributed by atoms with E-state index >= 15 is 0 Å². The zero-order valence-electron chi connectivity index (χ0n) is 15.0. The quantitative estimate of drug-likeness (QED) is 0.566. The Morgan fingerprint density at radius 3 is 2.22 bits per heavy atom. The number of aromatic carboxylic acids is 1. The summed E-state index contributed by atoms with van der Waals surface area (Å²) >= 11 is 6.36. The SMILES string of the molecule is CC.O=C(O)c1c[nH]c2cc(Cl)c(-c3ccc(C4(C(=O)O)CC4)cc3)cc12. The van der Waals surface area contributed by atoms with Crippen LogP contribution >= 0.6 is 11.6 Å². The van der Waals surface area contributed by atoms with Crippen LogP contribution in [0.1, 0.15) is 42.6 Å². The number of benzene rings is 2. The fraction of sp³-hybridized carbons (Fsp3) is 0.238. The van der Waals surface area contributed by atoms with Crippen molar-refractivity contribution in [3.63, 3.8) is 0 Å². The van der Waals surface area contributed by atoms with Gasteiger partial charge in [-0.15, -0.1) is 0 Å². The molecular formula is C21H20ClNO4. The van der Waals surface area contributed by atoms with Crippen molar-refractivity contribution >= 4 is 34.4 Å². The van der Waals surface area contributed by atoms with Crippen LogP contribution in [-0.2, 0) is 10.2 Å². The number of hydrogen-bond donors (Lipinski definition) is 3. The number of fused-ring (bicyclic) bond motifs is 1. The minimum atomic E-state index is -1.01. The van der Waals surface area contributed by atoms with Gasteiger partial charge in [-0.2, -0.15) is 0 Å². The molecule has 1 heterocycles. The molecule has 140 valence electrons. The van der Waals surface area contributed by atoms with E-state index in [4.69, 9.17) is 11.6 Å². The molecule has 3 N–H and O–H groups in total. The Bertz CT molecular complexity index is 1020. The third kappa shape index (κ3) is 3.19. The molecule has 0 aliphatic heterocycles. The smallest absolute Gasteiger partial charge is 0.337 e. The van der Waals surface area contributed by atoms with Crippen molar-refractivity contribution in [3.05, 3.63) is 58.7 Å². The molecule has 5 nitrogen and oxygen atoms in total. The second-order valence-electron chi connectivity index (χ2n) is 6.35. The van der Waals surface area contributed by atoms with Gasteiger partial charge in [0, 0.05) is 22.7 Å². The van der Waals surface area contributed by atoms with Crippen molar-refractivity contribution in [1.82, 2.24) is 4.98 Å². The topological polar surface area (TPSA) is 90.4 Å². The minimum absolute atomic E-state index is 0.187. The number of nitrogens with one attached hydrogen (secondary N) is 1. The van der Waals surface area contributed by atoms with E-state index in [1.165, 1.54) is 6.20 Å². The molecule has 4 rings (SSSR count). The monoisotopic (exact) mass is 385 g/mol. The van der Waals surface area contributed by atoms with Gasteiger partial charge in [0.15, 0.2) is 0 Å². The molecule has 0 bridgehead atoms. The molecule has 0 radical (unpaired) electrons. The largest absolute Gasteiger partial charge is 0.481 e. The average Bonchev–Trinajstić information content (AvgIpc) is 3.38. The first kappa shape index (κ1) is 19.0. The van der Waals surface area contributed by atoms with Gasteiger partial charge >= 0.3 is 11.9 Å². The van der Waals surface area contributed by atoms with Crippen LogP contribution < -0.4 is 0 Å². The number of aliphatic carboxylic acids is 1. The lowest BCUT2D eigenvalue weighted by atomic mass is 9.93. The van der Waals surface area contributed by atoms with Crippen molar-refractivity contribution in [1.29, 1.82) is 0 Å². The van der Waals surface area contributed by atoms with E-state index < -0.39 is 17.4 Å². The van der Waals surface area contributed by atoms with Crippen LogP contribution in [-0.4, -0.2) is 27.1 Å². The van der Waals surface area contributed by atoms with E-state index in [0.717, 1.165) is 11.1 Å². The molecule has 2 aromatic carbocycles. The predicted octanol–water partition coefficient (Wildman–Crippen LogP) is 5.33. The van der Waals surface area contributed by atoms with Crippen LogP contribution in [0, 0.1) is 0 Å². The van der Waals surface area contributed by atoms with Crippen LogP contribution in [0.15, 0.2) is 42.6 Å². The molecule has 0 unspecified atom stereocenters. The highest BCUT2D eigenvalue weighted by molar-refractivity contribution is 6.34. The molecule has 1 aliphatic rings. The van der Waals surface area contributed by atoms with Crippen LogP contribution in [0.3, 0.4) is 0 Å². The maximum absolute atomic E-state index is 11.4. The normalized spacial score (nSPS) is 14.3. The second-order valence-corrected chi connectivity index (χ2v) is 6.76. The fourth-order valence-corrected chi connectivity index (χ4v) is 3.53. The lowest BCUT2D eigenvalue weighted by Gasteiger charge is -2.12. The summed E-state index contributed by atoms with van der Waals surface area (Å²) in [5.74, 6) is -1.80. The zero-order chi connectivity index (χ0) is 19.8. The van der Waals surface area contributed by atoms with Crippen LogP contribution in [0.25, 0.3) is 22.0 Å². The summed E-state index contributed by atoms with van der Waals surface area (Å²) in [7, 11) is 0. The van der Waals surface area contributed by atoms with Crippen molar-refractivity contribution in [2.45, 2.75) is 32.1 Å². The van der Waals surface area contributed by atoms with Gasteiger partial charge in [-0.3, -0.25) is 4.79 Å². The van der Waals surface area contributed by atoms with E-state index in [0.29, 0.717) is 34.3 Å². The first-order valence-corrected chi connectivity index (χ1v) is 9.18. The third-order valence-corrected chi connectivity index (χ3v) is 5.22. The number of carboxylic acid groups (broad SMARTS) is 2. The van der Waals surface area contributed by atoms with E-state index in [1.54, 1.807) is 12.1 Å². The summed E-state index contributed by atoms with van der Waals surface area (Å²) in [5.41, 5.74) is 2.41. The Labute approximate surface area is 161 Å². The molecular weight excluding hydrogens is 366 g/mol. The zero-order valence-corrected chi connectivity index (χ0v) is 15.8. The molecule has 0 amide bonds. The van der Waals surface area contributed by atoms with Gasteiger partial charge in [-0.05, 0) is 36.1 Å². The summed E-state index contributed by atoms with van der Waals surface area (Å²) in [5, 5.41) is 19.7. The lowest BCUT2D eigenvalue weighted by molar-refractivity contribution is -0.140. The highest BCUT2D eigenvalue weighted by Gasteiger charge is 2.51. The Morgan fingerprint density at radius 2 is 1.70 bits per heavy atom.